The smallest absolute Gasteiger partial charge is 0.112 e. The number of nitrogens with zero attached hydrogens (tertiary/aromatic N) is 4. The molecule has 0 aliphatic carbocycles. The van der Waals surface area contributed by atoms with Crippen molar-refractivity contribution >= 4 is 27.3 Å². The van der Waals surface area contributed by atoms with Gasteiger partial charge in [0.05, 0.1) is 16.6 Å². The predicted octanol–water partition coefficient (Wildman–Crippen LogP) is 2.25. The minimum absolute atomic E-state index is 0.218. The van der Waals surface area contributed by atoms with E-state index in [-0.39, 0.29) is 6.61 Å². The van der Waals surface area contributed by atoms with Gasteiger partial charge in [-0.2, -0.15) is 0 Å². The Morgan fingerprint density at radius 1 is 1.92 bits per heavy atom. The highest BCUT2D eigenvalue weighted by Gasteiger charge is 2.11. The normalized spacial score (nSPS) is 12.2. The highest BCUT2D eigenvalue weighted by Crippen LogP contribution is 2.26. The van der Waals surface area contributed by atoms with Crippen LogP contribution in [-0.2, 0) is 0 Å². The number of rotatable bonds is 3. The van der Waals surface area contributed by atoms with Gasteiger partial charge in [0, 0.05) is 4.91 Å². The van der Waals surface area contributed by atoms with E-state index in [1.165, 1.54) is 11.3 Å². The van der Waals surface area contributed by atoms with Gasteiger partial charge in [0.15, 0.2) is 0 Å². The van der Waals surface area contributed by atoms with Crippen LogP contribution in [-0.4, -0.2) is 16.7 Å². The highest BCUT2D eigenvalue weighted by molar-refractivity contribution is 9.11. The van der Waals surface area contributed by atoms with Gasteiger partial charge in [-0.1, -0.05) is 5.11 Å². The largest absolute Gasteiger partial charge is 0.396 e. The summed E-state index contributed by atoms with van der Waals surface area (Å²) in [5, 5.41) is 12.8. The molecule has 0 aliphatic heterocycles. The lowest BCUT2D eigenvalue weighted by Crippen LogP contribution is -1.98. The third kappa shape index (κ3) is 2.18. The molecule has 12 heavy (non-hydrogen) atoms. The Labute approximate surface area is 80.8 Å². The first-order valence-electron chi connectivity index (χ1n) is 3.04. The molecule has 0 aromatic carbocycles. The van der Waals surface area contributed by atoms with Crippen LogP contribution in [0.4, 0.5) is 0 Å². The average Bonchev–Trinajstić information content (AvgIpc) is 2.47. The van der Waals surface area contributed by atoms with Crippen molar-refractivity contribution in [3.8, 4) is 0 Å². The van der Waals surface area contributed by atoms with Gasteiger partial charge in [-0.3, -0.25) is 0 Å². The topological polar surface area (TPSA) is 81.9 Å². The number of thiazole rings is 1. The first-order valence-corrected chi connectivity index (χ1v) is 4.65. The molecule has 0 amide bonds. The van der Waals surface area contributed by atoms with E-state index in [0.29, 0.717) is 5.01 Å². The molecule has 1 N–H and O–H groups in total. The van der Waals surface area contributed by atoms with Gasteiger partial charge in [-0.15, -0.1) is 11.3 Å². The Kier molecular flexibility index (Phi) is 3.48. The number of halogens is 1. The summed E-state index contributed by atoms with van der Waals surface area (Å²) >= 11 is 4.56. The Balaban J connectivity index is 2.86. The summed E-state index contributed by atoms with van der Waals surface area (Å²) in [7, 11) is 0. The lowest BCUT2D eigenvalue weighted by Gasteiger charge is -2.00. The number of aromatic nitrogens is 1. The predicted molar refractivity (Wildman–Crippen MR) is 48.8 cm³/mol. The van der Waals surface area contributed by atoms with Gasteiger partial charge < -0.3 is 5.11 Å². The van der Waals surface area contributed by atoms with Crippen LogP contribution < -0.4 is 0 Å². The third-order valence-electron chi connectivity index (χ3n) is 1.14. The molecule has 0 saturated heterocycles. The van der Waals surface area contributed by atoms with Gasteiger partial charge in [-0.25, -0.2) is 4.98 Å². The van der Waals surface area contributed by atoms with Crippen molar-refractivity contribution in [1.82, 2.24) is 4.98 Å². The summed E-state index contributed by atoms with van der Waals surface area (Å²) in [5.74, 6) is 0. The lowest BCUT2D eigenvalue weighted by molar-refractivity contribution is 0.267. The van der Waals surface area contributed by atoms with Crippen LogP contribution in [0.25, 0.3) is 10.4 Å². The van der Waals surface area contributed by atoms with Crippen molar-refractivity contribution in [1.29, 1.82) is 0 Å². The average molecular weight is 249 g/mol. The van der Waals surface area contributed by atoms with Crippen LogP contribution in [0.15, 0.2) is 15.1 Å². The summed E-state index contributed by atoms with van der Waals surface area (Å²) in [6, 6.07) is -0.564. The van der Waals surface area contributed by atoms with E-state index < -0.39 is 6.04 Å². The second-order valence-corrected chi connectivity index (χ2v) is 4.35. The first-order chi connectivity index (χ1) is 5.77. The molecule has 7 heteroatoms. The Hall–Kier alpha value is -0.620. The minimum Gasteiger partial charge on any atom is -0.396 e. The van der Waals surface area contributed by atoms with Crippen LogP contribution >= 0.6 is 27.3 Å². The van der Waals surface area contributed by atoms with Crippen LogP contribution in [0.2, 0.25) is 0 Å². The summed E-state index contributed by atoms with van der Waals surface area (Å²) in [5.41, 5.74) is 8.15. The van der Waals surface area contributed by atoms with Crippen molar-refractivity contribution in [2.75, 3.05) is 6.61 Å². The molecule has 1 aromatic rings. The molecule has 0 fully saturated rings. The molecule has 0 aliphatic rings. The van der Waals surface area contributed by atoms with Crippen molar-refractivity contribution in [3.63, 3.8) is 0 Å². The quantitative estimate of drug-likeness (QED) is 0.506. The van der Waals surface area contributed by atoms with Gasteiger partial charge in [-0.05, 0) is 21.5 Å². The van der Waals surface area contributed by atoms with Crippen LogP contribution in [0, 0.1) is 0 Å². The molecule has 1 unspecified atom stereocenters. The summed E-state index contributed by atoms with van der Waals surface area (Å²) in [6.45, 7) is -0.218. The number of aliphatic hydroxyl groups excluding tert-OH is 1. The molecule has 1 rings (SSSR count). The molecule has 64 valence electrons. The Bertz CT molecular complexity index is 308. The number of hydrogen-bond acceptors (Lipinski definition) is 4. The lowest BCUT2D eigenvalue weighted by atomic mass is 10.4. The van der Waals surface area contributed by atoms with Crippen molar-refractivity contribution in [2.45, 2.75) is 6.04 Å². The molecule has 1 aromatic heterocycles. The molecule has 5 nitrogen and oxygen atoms in total. The molecular formula is C5H5BrN4OS. The van der Waals surface area contributed by atoms with Crippen molar-refractivity contribution in [2.24, 2.45) is 5.11 Å². The zero-order valence-electron chi connectivity index (χ0n) is 5.88. The van der Waals surface area contributed by atoms with E-state index in [9.17, 15) is 0 Å². The maximum Gasteiger partial charge on any atom is 0.112 e. The van der Waals surface area contributed by atoms with E-state index in [0.717, 1.165) is 3.79 Å². The molecule has 0 radical (unpaired) electrons. The van der Waals surface area contributed by atoms with Crippen LogP contribution in [0.3, 0.4) is 0 Å². The number of aliphatic hydroxyl groups is 1. The van der Waals surface area contributed by atoms with E-state index in [4.69, 9.17) is 10.6 Å². The second-order valence-electron chi connectivity index (χ2n) is 1.91. The SMILES string of the molecule is [N-]=[N+]=NC(CO)c1ncc(Br)s1. The highest BCUT2D eigenvalue weighted by atomic mass is 79.9. The van der Waals surface area contributed by atoms with Gasteiger partial charge in [0.25, 0.3) is 0 Å². The van der Waals surface area contributed by atoms with E-state index >= 15 is 0 Å². The second kappa shape index (κ2) is 4.42. The molecule has 0 spiro atoms. The third-order valence-corrected chi connectivity index (χ3v) is 2.72. The fraction of sp³-hybridized carbons (Fsp3) is 0.400. The standard InChI is InChI=1S/C5H5BrN4OS/c6-4-1-8-5(12-4)3(2-11)9-10-7/h1,3,11H,2H2. The zero-order chi connectivity index (χ0) is 8.97. The Morgan fingerprint density at radius 3 is 3.08 bits per heavy atom. The van der Waals surface area contributed by atoms with Gasteiger partial charge >= 0.3 is 0 Å². The first kappa shape index (κ1) is 9.47. The maximum absolute atomic E-state index is 8.81. The number of azide groups is 1. The van der Waals surface area contributed by atoms with Crippen molar-refractivity contribution in [3.05, 3.63) is 25.4 Å². The monoisotopic (exact) mass is 248 g/mol. The summed E-state index contributed by atoms with van der Waals surface area (Å²) in [4.78, 5) is 6.56. The molecule has 0 bridgehead atoms. The zero-order valence-corrected chi connectivity index (χ0v) is 8.29. The van der Waals surface area contributed by atoms with Crippen LogP contribution in [0.1, 0.15) is 11.0 Å². The van der Waals surface area contributed by atoms with E-state index in [2.05, 4.69) is 30.9 Å². The summed E-state index contributed by atoms with van der Waals surface area (Å²) in [6.07, 6.45) is 1.61. The molecular weight excluding hydrogens is 244 g/mol. The number of hydrogen-bond donors (Lipinski definition) is 1. The van der Waals surface area contributed by atoms with E-state index in [1.807, 2.05) is 0 Å². The Morgan fingerprint density at radius 2 is 2.67 bits per heavy atom. The fourth-order valence-corrected chi connectivity index (χ4v) is 1.92. The van der Waals surface area contributed by atoms with Gasteiger partial charge in [0.1, 0.15) is 11.0 Å². The van der Waals surface area contributed by atoms with Crippen LogP contribution in [0.5, 0.6) is 0 Å². The fourth-order valence-electron chi connectivity index (χ4n) is 0.647. The molecule has 1 atom stereocenters. The van der Waals surface area contributed by atoms with Crippen molar-refractivity contribution < 1.29 is 5.11 Å². The summed E-state index contributed by atoms with van der Waals surface area (Å²) < 4.78 is 0.851. The molecule has 0 saturated carbocycles. The molecule has 1 heterocycles. The van der Waals surface area contributed by atoms with E-state index in [1.54, 1.807) is 6.20 Å². The minimum atomic E-state index is -0.564. The maximum atomic E-state index is 8.81. The van der Waals surface area contributed by atoms with Gasteiger partial charge in [0.2, 0.25) is 0 Å².